The molecule has 0 unspecified atom stereocenters. The van der Waals surface area contributed by atoms with Gasteiger partial charge in [-0.3, -0.25) is 33.8 Å². The number of aliphatic hydroxyl groups excluding tert-OH is 3. The fourth-order valence-electron chi connectivity index (χ4n) is 7.13. The second kappa shape index (κ2) is 22.9. The Bertz CT molecular complexity index is 1690. The van der Waals surface area contributed by atoms with Gasteiger partial charge in [-0.05, 0) is 62.8 Å². The van der Waals surface area contributed by atoms with Crippen LogP contribution in [-0.4, -0.2) is 147 Å². The van der Waals surface area contributed by atoms with Crippen LogP contribution in [0.25, 0.3) is 0 Å². The van der Waals surface area contributed by atoms with Gasteiger partial charge in [-0.2, -0.15) is 0 Å². The number of carbonyl (C=O) groups is 7. The Labute approximate surface area is 350 Å². The molecule has 2 aliphatic heterocycles. The van der Waals surface area contributed by atoms with Crippen LogP contribution in [0.2, 0.25) is 0 Å². The monoisotopic (exact) mass is 845 g/mol. The molecule has 20 heteroatoms. The average Bonchev–Trinajstić information content (AvgIpc) is 3.18. The number of nitrogens with one attached hydrogen (secondary N) is 4. The van der Waals surface area contributed by atoms with Gasteiger partial charge in [-0.25, -0.2) is 4.79 Å². The van der Waals surface area contributed by atoms with Crippen molar-refractivity contribution in [3.05, 3.63) is 35.9 Å². The number of likely N-dealkylation sites (N-methyl/N-ethyl adjacent to an activating group) is 1. The van der Waals surface area contributed by atoms with Gasteiger partial charge in [0.15, 0.2) is 12.1 Å². The van der Waals surface area contributed by atoms with Crippen molar-refractivity contribution in [1.82, 2.24) is 31.1 Å². The van der Waals surface area contributed by atoms with E-state index in [1.165, 1.54) is 18.9 Å². The van der Waals surface area contributed by atoms with Crippen molar-refractivity contribution in [2.45, 2.75) is 134 Å². The first-order valence-electron chi connectivity index (χ1n) is 20.3. The molecule has 2 fully saturated rings. The third-order valence-electron chi connectivity index (χ3n) is 10.3. The van der Waals surface area contributed by atoms with Crippen LogP contribution in [-0.2, 0) is 44.7 Å². The maximum atomic E-state index is 14.7. The lowest BCUT2D eigenvalue weighted by atomic mass is 9.94. The number of fused-ring (bicyclic) bond motifs is 2. The lowest BCUT2D eigenvalue weighted by Gasteiger charge is -2.43. The number of aliphatic hydroxyl groups is 3. The molecule has 6 amide bonds. The number of carbonyl (C=O) groups excluding carboxylic acids is 7. The number of piperidine rings is 1. The predicted molar refractivity (Wildman–Crippen MR) is 218 cm³/mol. The summed E-state index contributed by atoms with van der Waals surface area (Å²) in [5.41, 5.74) is 11.6. The van der Waals surface area contributed by atoms with E-state index in [2.05, 4.69) is 26.3 Å². The summed E-state index contributed by atoms with van der Waals surface area (Å²) in [7, 11) is 1.40. The molecule has 0 radical (unpaired) electrons. The number of aliphatic imine (C=N–C) groups is 1. The molecular formula is C40H63N9O11. The first-order valence-corrected chi connectivity index (χ1v) is 20.3. The summed E-state index contributed by atoms with van der Waals surface area (Å²) in [6, 6.07) is 0.541. The van der Waals surface area contributed by atoms with Crippen LogP contribution in [0.1, 0.15) is 78.7 Å². The molecule has 0 saturated carbocycles. The highest BCUT2D eigenvalue weighted by Gasteiger charge is 2.45. The van der Waals surface area contributed by atoms with Crippen molar-refractivity contribution in [2.24, 2.45) is 28.3 Å². The lowest BCUT2D eigenvalue weighted by Crippen LogP contribution is -2.65. The van der Waals surface area contributed by atoms with Crippen molar-refractivity contribution in [1.29, 1.82) is 0 Å². The Hall–Kier alpha value is -5.34. The largest absolute Gasteiger partial charge is 0.458 e. The molecule has 0 aliphatic carbocycles. The van der Waals surface area contributed by atoms with Crippen LogP contribution >= 0.6 is 0 Å². The smallest absolute Gasteiger partial charge is 0.328 e. The molecule has 9 atom stereocenters. The highest BCUT2D eigenvalue weighted by molar-refractivity contribution is 5.98. The fourth-order valence-corrected chi connectivity index (χ4v) is 7.13. The third kappa shape index (κ3) is 13.9. The van der Waals surface area contributed by atoms with Crippen LogP contribution in [0.15, 0.2) is 35.3 Å². The number of cyclic esters (lactones) is 1. The molecule has 334 valence electrons. The summed E-state index contributed by atoms with van der Waals surface area (Å²) in [4.78, 5) is 104. The number of nitrogens with zero attached hydrogens (tertiary/aromatic N) is 3. The Morgan fingerprint density at radius 2 is 1.53 bits per heavy atom. The second-order valence-corrected chi connectivity index (χ2v) is 16.2. The standard InChI is InChI=1S/C40H63N9O11/c1-21(2)17-27-39(59)60-23(5)32(47-35(55)30(51)20-50)36(56)44-25(13-10-16-43-40(41)42)33(53)45-26-14-15-31(52)49(37(26)57)29(18-22(3)4)38(58)48(6)28(34(54)46-27)19-24-11-8-7-9-12-24/h7-9,11-12,21-23,25-32,50-52H,10,13-20H2,1-6H3,(H,44,56)(H,45,53)(H,46,54)(H,47,55)(H4,41,42,43)/t23-,25+,26+,27+,28+,29-,30+,31-,32+/m1/s1. The SMILES string of the molecule is CC(C)C[C@@H]1NC(=O)[C@H](Cc2ccccc2)N(C)C(=O)[C@@H](CC(C)C)N2C(=O)[C@H](CC[C@H]2O)NC(=O)[C@H](CCCN=C(N)N)NC(=O)[C@@H](NC(=O)[C@@H](O)CO)[C@@H](C)OC1=O. The molecule has 0 aromatic heterocycles. The molecular weight excluding hydrogens is 782 g/mol. The molecule has 2 heterocycles. The van der Waals surface area contributed by atoms with Gasteiger partial charge in [-0.15, -0.1) is 0 Å². The Morgan fingerprint density at radius 1 is 0.900 bits per heavy atom. The van der Waals surface area contributed by atoms with E-state index in [0.717, 1.165) is 4.90 Å². The zero-order valence-electron chi connectivity index (χ0n) is 35.2. The zero-order valence-corrected chi connectivity index (χ0v) is 35.2. The number of hydrogen-bond acceptors (Lipinski definition) is 12. The Kier molecular flexibility index (Phi) is 18.7. The maximum absolute atomic E-state index is 14.7. The highest BCUT2D eigenvalue weighted by atomic mass is 16.5. The average molecular weight is 846 g/mol. The van der Waals surface area contributed by atoms with Gasteiger partial charge >= 0.3 is 5.97 Å². The zero-order chi connectivity index (χ0) is 44.8. The fraction of sp³-hybridized carbons (Fsp3) is 0.650. The summed E-state index contributed by atoms with van der Waals surface area (Å²) in [6.45, 7) is 7.56. The van der Waals surface area contributed by atoms with E-state index in [0.29, 0.717) is 5.56 Å². The van der Waals surface area contributed by atoms with Gasteiger partial charge in [0.1, 0.15) is 48.6 Å². The molecule has 60 heavy (non-hydrogen) atoms. The van der Waals surface area contributed by atoms with E-state index in [1.54, 1.807) is 44.2 Å². The quantitative estimate of drug-likeness (QED) is 0.0439. The van der Waals surface area contributed by atoms with Crippen LogP contribution < -0.4 is 32.7 Å². The number of benzene rings is 1. The van der Waals surface area contributed by atoms with E-state index in [4.69, 9.17) is 16.2 Å². The van der Waals surface area contributed by atoms with E-state index in [9.17, 15) is 48.9 Å². The van der Waals surface area contributed by atoms with Gasteiger partial charge in [-0.1, -0.05) is 58.0 Å². The van der Waals surface area contributed by atoms with Crippen LogP contribution in [0.3, 0.4) is 0 Å². The van der Waals surface area contributed by atoms with E-state index < -0.39 is 103 Å². The van der Waals surface area contributed by atoms with E-state index >= 15 is 0 Å². The Morgan fingerprint density at radius 3 is 2.13 bits per heavy atom. The predicted octanol–water partition coefficient (Wildman–Crippen LogP) is -2.25. The molecule has 1 aromatic carbocycles. The summed E-state index contributed by atoms with van der Waals surface area (Å²) < 4.78 is 5.73. The minimum atomic E-state index is -1.97. The number of guanidine groups is 1. The Balaban J connectivity index is 2.22. The number of hydrogen-bond donors (Lipinski definition) is 9. The molecule has 20 nitrogen and oxygen atoms in total. The highest BCUT2D eigenvalue weighted by Crippen LogP contribution is 2.26. The van der Waals surface area contributed by atoms with Gasteiger partial charge < -0.3 is 62.6 Å². The molecule has 11 N–H and O–H groups in total. The first kappa shape index (κ1) is 49.0. The molecule has 3 rings (SSSR count). The second-order valence-electron chi connectivity index (χ2n) is 16.2. The molecule has 0 spiro atoms. The minimum Gasteiger partial charge on any atom is -0.458 e. The van der Waals surface area contributed by atoms with Crippen LogP contribution in [0.5, 0.6) is 0 Å². The first-order chi connectivity index (χ1) is 28.2. The van der Waals surface area contributed by atoms with Gasteiger partial charge in [0.25, 0.3) is 5.91 Å². The molecule has 1 aromatic rings. The van der Waals surface area contributed by atoms with Crippen molar-refractivity contribution in [2.75, 3.05) is 20.2 Å². The minimum absolute atomic E-state index is 0.00955. The summed E-state index contributed by atoms with van der Waals surface area (Å²) in [5, 5.41) is 41.0. The van der Waals surface area contributed by atoms with E-state index in [-0.39, 0.29) is 69.3 Å². The third-order valence-corrected chi connectivity index (χ3v) is 10.3. The van der Waals surface area contributed by atoms with Crippen molar-refractivity contribution in [3.63, 3.8) is 0 Å². The van der Waals surface area contributed by atoms with Crippen LogP contribution in [0.4, 0.5) is 0 Å². The van der Waals surface area contributed by atoms with E-state index in [1.807, 2.05) is 13.8 Å². The number of ether oxygens (including phenoxy) is 1. The number of rotatable bonds is 13. The van der Waals surface area contributed by atoms with Gasteiger partial charge in [0.05, 0.1) is 6.61 Å². The van der Waals surface area contributed by atoms with Gasteiger partial charge in [0.2, 0.25) is 29.5 Å². The lowest BCUT2D eigenvalue weighted by molar-refractivity contribution is -0.166. The normalized spacial score (nSPS) is 26.9. The van der Waals surface area contributed by atoms with Crippen molar-refractivity contribution in [3.8, 4) is 0 Å². The molecule has 2 aliphatic rings. The maximum Gasteiger partial charge on any atom is 0.328 e. The number of nitrogens with two attached hydrogens (primary N) is 2. The van der Waals surface area contributed by atoms with Crippen LogP contribution in [0, 0.1) is 11.8 Å². The topological polar surface area (TPSA) is 308 Å². The summed E-state index contributed by atoms with van der Waals surface area (Å²) in [6.07, 6.45) is -4.81. The summed E-state index contributed by atoms with van der Waals surface area (Å²) >= 11 is 0. The number of amides is 6. The van der Waals surface area contributed by atoms with Crippen molar-refractivity contribution < 1.29 is 53.6 Å². The summed E-state index contributed by atoms with van der Waals surface area (Å²) in [5.74, 6) is -6.85. The molecule has 2 saturated heterocycles. The van der Waals surface area contributed by atoms with Crippen molar-refractivity contribution >= 4 is 47.4 Å². The van der Waals surface area contributed by atoms with Gasteiger partial charge in [0, 0.05) is 20.0 Å². The number of esters is 1. The molecule has 2 bridgehead atoms.